The minimum atomic E-state index is 0.0571. The minimum Gasteiger partial charge on any atom is -0.399 e. The molecule has 0 saturated carbocycles. The van der Waals surface area contributed by atoms with E-state index in [1.807, 2.05) is 11.0 Å². The summed E-state index contributed by atoms with van der Waals surface area (Å²) in [5.74, 6) is 0.0571. The van der Waals surface area contributed by atoms with Gasteiger partial charge in [0.15, 0.2) is 0 Å². The molecular weight excluding hydrogens is 282 g/mol. The second-order valence-electron chi connectivity index (χ2n) is 4.17. The average molecular weight is 298 g/mol. The molecule has 3 N–H and O–H groups in total. The largest absolute Gasteiger partial charge is 0.399 e. The quantitative estimate of drug-likeness (QED) is 0.772. The van der Waals surface area contributed by atoms with Crippen LogP contribution in [0.4, 0.5) is 5.69 Å². The molecule has 0 bridgehead atoms. The van der Waals surface area contributed by atoms with E-state index in [1.165, 1.54) is 0 Å². The van der Waals surface area contributed by atoms with Gasteiger partial charge in [0.1, 0.15) is 0 Å². The summed E-state index contributed by atoms with van der Waals surface area (Å²) >= 11 is 3.36. The standard InChI is InChI=1S/C12H16BrN3O/c13-10-6-9(7-11(14)8-10)12(17)16-4-1-2-15-3-5-16/h6-8,15H,1-5,14H2. The molecule has 2 rings (SSSR count). The highest BCUT2D eigenvalue weighted by molar-refractivity contribution is 9.10. The van der Waals surface area contributed by atoms with Crippen molar-refractivity contribution in [3.8, 4) is 0 Å². The first kappa shape index (κ1) is 12.4. The Balaban J connectivity index is 2.17. The lowest BCUT2D eigenvalue weighted by atomic mass is 10.1. The van der Waals surface area contributed by atoms with Gasteiger partial charge in [-0.1, -0.05) is 15.9 Å². The van der Waals surface area contributed by atoms with Gasteiger partial charge in [-0.2, -0.15) is 0 Å². The number of rotatable bonds is 1. The molecule has 0 atom stereocenters. The Kier molecular flexibility index (Phi) is 4.02. The number of amides is 1. The summed E-state index contributed by atoms with van der Waals surface area (Å²) in [6.07, 6.45) is 0.995. The zero-order valence-electron chi connectivity index (χ0n) is 9.58. The second-order valence-corrected chi connectivity index (χ2v) is 5.08. The highest BCUT2D eigenvalue weighted by Crippen LogP contribution is 2.18. The Bertz CT molecular complexity index is 394. The lowest BCUT2D eigenvalue weighted by molar-refractivity contribution is 0.0766. The summed E-state index contributed by atoms with van der Waals surface area (Å²) in [5, 5.41) is 3.28. The maximum Gasteiger partial charge on any atom is 0.254 e. The zero-order chi connectivity index (χ0) is 12.3. The van der Waals surface area contributed by atoms with Gasteiger partial charge >= 0.3 is 0 Å². The van der Waals surface area contributed by atoms with E-state index in [0.717, 1.165) is 37.1 Å². The van der Waals surface area contributed by atoms with Crippen molar-refractivity contribution in [1.82, 2.24) is 10.2 Å². The number of halogens is 1. The smallest absolute Gasteiger partial charge is 0.254 e. The van der Waals surface area contributed by atoms with Crippen molar-refractivity contribution in [2.45, 2.75) is 6.42 Å². The number of carbonyl (C=O) groups is 1. The van der Waals surface area contributed by atoms with Crippen LogP contribution in [0.3, 0.4) is 0 Å². The third-order valence-electron chi connectivity index (χ3n) is 2.79. The molecule has 0 unspecified atom stereocenters. The molecule has 1 saturated heterocycles. The molecular formula is C12H16BrN3O. The van der Waals surface area contributed by atoms with Crippen molar-refractivity contribution in [1.29, 1.82) is 0 Å². The molecule has 1 amide bonds. The number of nitrogens with zero attached hydrogens (tertiary/aromatic N) is 1. The molecule has 1 aliphatic heterocycles. The molecule has 0 spiro atoms. The van der Waals surface area contributed by atoms with E-state index >= 15 is 0 Å². The van der Waals surface area contributed by atoms with E-state index in [0.29, 0.717) is 11.3 Å². The van der Waals surface area contributed by atoms with E-state index < -0.39 is 0 Å². The molecule has 1 aliphatic rings. The average Bonchev–Trinajstić information content (AvgIpc) is 2.55. The van der Waals surface area contributed by atoms with Crippen molar-refractivity contribution in [3.05, 3.63) is 28.2 Å². The van der Waals surface area contributed by atoms with Crippen LogP contribution < -0.4 is 11.1 Å². The Morgan fingerprint density at radius 2 is 2.12 bits per heavy atom. The predicted octanol–water partition coefficient (Wildman–Crippen LogP) is 1.47. The van der Waals surface area contributed by atoms with Crippen molar-refractivity contribution < 1.29 is 4.79 Å². The lowest BCUT2D eigenvalue weighted by Crippen LogP contribution is -2.34. The molecule has 1 aromatic rings. The number of nitrogens with two attached hydrogens (primary N) is 1. The third-order valence-corrected chi connectivity index (χ3v) is 3.25. The fourth-order valence-corrected chi connectivity index (χ4v) is 2.48. The van der Waals surface area contributed by atoms with E-state index in [1.54, 1.807) is 12.1 Å². The van der Waals surface area contributed by atoms with Crippen LogP contribution in [0.15, 0.2) is 22.7 Å². The first-order valence-electron chi connectivity index (χ1n) is 5.73. The summed E-state index contributed by atoms with van der Waals surface area (Å²) in [6, 6.07) is 5.34. The van der Waals surface area contributed by atoms with Gasteiger partial charge in [0, 0.05) is 35.4 Å². The molecule has 0 aliphatic carbocycles. The Morgan fingerprint density at radius 3 is 2.88 bits per heavy atom. The van der Waals surface area contributed by atoms with Gasteiger partial charge in [-0.25, -0.2) is 0 Å². The molecule has 5 heteroatoms. The normalized spacial score (nSPS) is 16.6. The predicted molar refractivity (Wildman–Crippen MR) is 71.9 cm³/mol. The van der Waals surface area contributed by atoms with E-state index in [4.69, 9.17) is 5.73 Å². The van der Waals surface area contributed by atoms with E-state index in [2.05, 4.69) is 21.2 Å². The van der Waals surface area contributed by atoms with Gasteiger partial charge in [0.25, 0.3) is 5.91 Å². The van der Waals surface area contributed by atoms with Crippen LogP contribution >= 0.6 is 15.9 Å². The molecule has 92 valence electrons. The third kappa shape index (κ3) is 3.20. The summed E-state index contributed by atoms with van der Waals surface area (Å²) in [5.41, 5.74) is 7.00. The van der Waals surface area contributed by atoms with Crippen LogP contribution in [0.5, 0.6) is 0 Å². The van der Waals surface area contributed by atoms with Gasteiger partial charge in [-0.05, 0) is 31.2 Å². The van der Waals surface area contributed by atoms with Crippen LogP contribution in [0.2, 0.25) is 0 Å². The molecule has 1 aromatic carbocycles. The second kappa shape index (κ2) is 5.51. The van der Waals surface area contributed by atoms with Crippen molar-refractivity contribution in [2.75, 3.05) is 31.9 Å². The van der Waals surface area contributed by atoms with Gasteiger partial charge in [-0.3, -0.25) is 4.79 Å². The van der Waals surface area contributed by atoms with Crippen molar-refractivity contribution in [3.63, 3.8) is 0 Å². The molecule has 1 fully saturated rings. The lowest BCUT2D eigenvalue weighted by Gasteiger charge is -2.20. The maximum absolute atomic E-state index is 12.3. The fourth-order valence-electron chi connectivity index (χ4n) is 1.97. The van der Waals surface area contributed by atoms with Crippen LogP contribution in [0.25, 0.3) is 0 Å². The Labute approximate surface area is 109 Å². The Hall–Kier alpha value is -1.07. The van der Waals surface area contributed by atoms with Gasteiger partial charge in [0.2, 0.25) is 0 Å². The van der Waals surface area contributed by atoms with Crippen LogP contribution in [0, 0.1) is 0 Å². The highest BCUT2D eigenvalue weighted by Gasteiger charge is 2.17. The number of hydrogen-bond acceptors (Lipinski definition) is 3. The molecule has 4 nitrogen and oxygen atoms in total. The monoisotopic (exact) mass is 297 g/mol. The molecule has 0 radical (unpaired) electrons. The molecule has 0 aromatic heterocycles. The topological polar surface area (TPSA) is 58.4 Å². The summed E-state index contributed by atoms with van der Waals surface area (Å²) < 4.78 is 0.841. The summed E-state index contributed by atoms with van der Waals surface area (Å²) in [4.78, 5) is 14.2. The van der Waals surface area contributed by atoms with E-state index in [-0.39, 0.29) is 5.91 Å². The number of nitrogen functional groups attached to an aromatic ring is 1. The number of nitrogens with one attached hydrogen (secondary N) is 1. The number of benzene rings is 1. The van der Waals surface area contributed by atoms with Gasteiger partial charge in [0.05, 0.1) is 0 Å². The number of carbonyl (C=O) groups excluding carboxylic acids is 1. The first-order chi connectivity index (χ1) is 8.16. The SMILES string of the molecule is Nc1cc(Br)cc(C(=O)N2CCCNCC2)c1. The minimum absolute atomic E-state index is 0.0571. The summed E-state index contributed by atoms with van der Waals surface area (Å²) in [7, 11) is 0. The molecule has 1 heterocycles. The fraction of sp³-hybridized carbons (Fsp3) is 0.417. The number of hydrogen-bond donors (Lipinski definition) is 2. The van der Waals surface area contributed by atoms with Gasteiger partial charge < -0.3 is 16.0 Å². The van der Waals surface area contributed by atoms with Gasteiger partial charge in [-0.15, -0.1) is 0 Å². The van der Waals surface area contributed by atoms with Crippen LogP contribution in [-0.2, 0) is 0 Å². The van der Waals surface area contributed by atoms with Crippen LogP contribution in [0.1, 0.15) is 16.8 Å². The highest BCUT2D eigenvalue weighted by atomic mass is 79.9. The zero-order valence-corrected chi connectivity index (χ0v) is 11.2. The number of anilines is 1. The maximum atomic E-state index is 12.3. The Morgan fingerprint density at radius 1 is 1.29 bits per heavy atom. The van der Waals surface area contributed by atoms with Crippen LogP contribution in [-0.4, -0.2) is 37.0 Å². The first-order valence-corrected chi connectivity index (χ1v) is 6.52. The molecule has 17 heavy (non-hydrogen) atoms. The summed E-state index contributed by atoms with van der Waals surface area (Å²) in [6.45, 7) is 3.39. The van der Waals surface area contributed by atoms with E-state index in [9.17, 15) is 4.79 Å². The van der Waals surface area contributed by atoms with Crippen molar-refractivity contribution in [2.24, 2.45) is 0 Å². The van der Waals surface area contributed by atoms with Crippen molar-refractivity contribution >= 4 is 27.5 Å².